The minimum Gasteiger partial charge on any atom is -0.454 e. The van der Waals surface area contributed by atoms with Gasteiger partial charge in [0.15, 0.2) is 11.5 Å². The molecule has 1 fully saturated rings. The van der Waals surface area contributed by atoms with Crippen LogP contribution in [0.4, 0.5) is 11.8 Å². The van der Waals surface area contributed by atoms with E-state index in [1.807, 2.05) is 24.3 Å². The molecular weight excluding hydrogens is 322 g/mol. The van der Waals surface area contributed by atoms with Crippen LogP contribution >= 0.6 is 0 Å². The Hall–Kier alpha value is -3.03. The number of fused-ring (bicyclic) bond motifs is 1. The smallest absolute Gasteiger partial charge is 0.231 e. The van der Waals surface area contributed by atoms with Gasteiger partial charge >= 0.3 is 0 Å². The summed E-state index contributed by atoms with van der Waals surface area (Å²) in [5, 5.41) is 3.24. The van der Waals surface area contributed by atoms with Crippen LogP contribution in [0, 0.1) is 0 Å². The van der Waals surface area contributed by atoms with E-state index in [1.165, 1.54) is 0 Å². The molecule has 0 radical (unpaired) electrons. The molecule has 4 rings (SSSR count). The lowest BCUT2D eigenvalue weighted by Crippen LogP contribution is -2.46. The van der Waals surface area contributed by atoms with E-state index in [4.69, 9.17) is 9.47 Å². The second kappa shape index (κ2) is 6.84. The fourth-order valence-electron chi connectivity index (χ4n) is 2.90. The number of rotatable bonds is 5. The molecule has 130 valence electrons. The summed E-state index contributed by atoms with van der Waals surface area (Å²) in [6.45, 7) is 3.85. The Labute approximate surface area is 145 Å². The fourth-order valence-corrected chi connectivity index (χ4v) is 2.90. The van der Waals surface area contributed by atoms with E-state index in [9.17, 15) is 4.79 Å². The number of anilines is 2. The van der Waals surface area contributed by atoms with Gasteiger partial charge in [-0.3, -0.25) is 4.79 Å². The van der Waals surface area contributed by atoms with Crippen LogP contribution in [-0.4, -0.2) is 54.2 Å². The molecule has 2 aliphatic rings. The van der Waals surface area contributed by atoms with Gasteiger partial charge in [0.2, 0.25) is 19.2 Å². The zero-order valence-corrected chi connectivity index (χ0v) is 13.7. The van der Waals surface area contributed by atoms with Crippen LogP contribution in [0.5, 0.6) is 11.5 Å². The number of carbonyl (C=O) groups excluding carboxylic acids is 1. The molecule has 2 aromatic rings. The number of nitrogens with one attached hydrogen (secondary N) is 1. The standard InChI is InChI=1S/C17H19N5O3/c23-11-21-5-7-22(8-6-21)16-3-4-18-17(20-16)19-10-13-1-2-14-15(9-13)25-12-24-14/h1-4,9,11H,5-8,10,12H2,(H,18,19,20). The molecule has 1 amide bonds. The van der Waals surface area contributed by atoms with Crippen LogP contribution in [0.25, 0.3) is 0 Å². The maximum atomic E-state index is 10.8. The van der Waals surface area contributed by atoms with Crippen molar-refractivity contribution in [2.45, 2.75) is 6.54 Å². The molecule has 8 nitrogen and oxygen atoms in total. The maximum absolute atomic E-state index is 10.8. The van der Waals surface area contributed by atoms with Crippen LogP contribution in [0.15, 0.2) is 30.5 Å². The lowest BCUT2D eigenvalue weighted by Gasteiger charge is -2.33. The highest BCUT2D eigenvalue weighted by Gasteiger charge is 2.17. The number of amides is 1. The molecule has 1 aromatic heterocycles. The van der Waals surface area contributed by atoms with Crippen molar-refractivity contribution in [3.8, 4) is 11.5 Å². The zero-order valence-electron chi connectivity index (χ0n) is 13.7. The molecule has 1 saturated heterocycles. The second-order valence-electron chi connectivity index (χ2n) is 5.91. The third-order valence-corrected chi connectivity index (χ3v) is 4.32. The number of hydrogen-bond acceptors (Lipinski definition) is 7. The molecule has 3 heterocycles. The number of aromatic nitrogens is 2. The van der Waals surface area contributed by atoms with Gasteiger partial charge < -0.3 is 24.6 Å². The number of ether oxygens (including phenoxy) is 2. The lowest BCUT2D eigenvalue weighted by molar-refractivity contribution is -0.118. The van der Waals surface area contributed by atoms with Crippen LogP contribution in [0.3, 0.4) is 0 Å². The summed E-state index contributed by atoms with van der Waals surface area (Å²) in [4.78, 5) is 23.6. The van der Waals surface area contributed by atoms with Gasteiger partial charge in [-0.25, -0.2) is 4.98 Å². The van der Waals surface area contributed by atoms with Crippen molar-refractivity contribution in [3.63, 3.8) is 0 Å². The second-order valence-corrected chi connectivity index (χ2v) is 5.91. The van der Waals surface area contributed by atoms with E-state index in [-0.39, 0.29) is 6.79 Å². The summed E-state index contributed by atoms with van der Waals surface area (Å²) in [5.41, 5.74) is 1.07. The minimum atomic E-state index is 0.273. The lowest BCUT2D eigenvalue weighted by atomic mass is 10.2. The number of hydrogen-bond donors (Lipinski definition) is 1. The number of carbonyl (C=O) groups is 1. The van der Waals surface area contributed by atoms with E-state index in [0.717, 1.165) is 42.4 Å². The molecule has 0 saturated carbocycles. The third-order valence-electron chi connectivity index (χ3n) is 4.32. The highest BCUT2D eigenvalue weighted by Crippen LogP contribution is 2.32. The summed E-state index contributed by atoms with van der Waals surface area (Å²) in [6.07, 6.45) is 2.64. The van der Waals surface area contributed by atoms with Crippen molar-refractivity contribution in [1.29, 1.82) is 0 Å². The summed E-state index contributed by atoms with van der Waals surface area (Å²) in [7, 11) is 0. The van der Waals surface area contributed by atoms with Crippen molar-refractivity contribution >= 4 is 18.2 Å². The molecule has 0 bridgehead atoms. The Bertz CT molecular complexity index is 762. The molecule has 0 aliphatic carbocycles. The highest BCUT2D eigenvalue weighted by atomic mass is 16.7. The van der Waals surface area contributed by atoms with Gasteiger partial charge in [-0.1, -0.05) is 6.07 Å². The number of benzene rings is 1. The molecule has 1 N–H and O–H groups in total. The fraction of sp³-hybridized carbons (Fsp3) is 0.353. The summed E-state index contributed by atoms with van der Waals surface area (Å²) >= 11 is 0. The van der Waals surface area contributed by atoms with Crippen molar-refractivity contribution < 1.29 is 14.3 Å². The first-order valence-corrected chi connectivity index (χ1v) is 8.21. The van der Waals surface area contributed by atoms with Crippen LogP contribution in [-0.2, 0) is 11.3 Å². The topological polar surface area (TPSA) is 79.8 Å². The van der Waals surface area contributed by atoms with Gasteiger partial charge in [-0.2, -0.15) is 4.98 Å². The molecule has 1 aromatic carbocycles. The Morgan fingerprint density at radius 2 is 1.96 bits per heavy atom. The third kappa shape index (κ3) is 3.42. The molecular formula is C17H19N5O3. The Balaban J connectivity index is 1.39. The van der Waals surface area contributed by atoms with Crippen molar-refractivity contribution in [1.82, 2.24) is 14.9 Å². The van der Waals surface area contributed by atoms with Crippen molar-refractivity contribution in [2.75, 3.05) is 43.2 Å². The number of piperazine rings is 1. The maximum Gasteiger partial charge on any atom is 0.231 e. The van der Waals surface area contributed by atoms with Gasteiger partial charge in [0.05, 0.1) is 0 Å². The zero-order chi connectivity index (χ0) is 17.1. The van der Waals surface area contributed by atoms with Crippen molar-refractivity contribution in [3.05, 3.63) is 36.0 Å². The Morgan fingerprint density at radius 3 is 2.80 bits per heavy atom. The average Bonchev–Trinajstić information content (AvgIpc) is 3.14. The van der Waals surface area contributed by atoms with Gasteiger partial charge in [0.1, 0.15) is 5.82 Å². The summed E-state index contributed by atoms with van der Waals surface area (Å²) < 4.78 is 10.7. The first-order chi connectivity index (χ1) is 12.3. The Morgan fingerprint density at radius 1 is 1.12 bits per heavy atom. The minimum absolute atomic E-state index is 0.273. The number of nitrogens with zero attached hydrogens (tertiary/aromatic N) is 4. The molecule has 2 aliphatic heterocycles. The van der Waals surface area contributed by atoms with Gasteiger partial charge in [-0.15, -0.1) is 0 Å². The SMILES string of the molecule is O=CN1CCN(c2ccnc(NCc3ccc4c(c3)OCO4)n2)CC1. The van der Waals surface area contributed by atoms with Crippen molar-refractivity contribution in [2.24, 2.45) is 0 Å². The monoisotopic (exact) mass is 341 g/mol. The van der Waals surface area contributed by atoms with Gasteiger partial charge in [-0.05, 0) is 23.8 Å². The summed E-state index contributed by atoms with van der Waals surface area (Å²) in [6, 6.07) is 7.74. The Kier molecular flexibility index (Phi) is 4.24. The quantitative estimate of drug-likeness (QED) is 0.816. The first kappa shape index (κ1) is 15.5. The van der Waals surface area contributed by atoms with Gasteiger partial charge in [0.25, 0.3) is 0 Å². The van der Waals surface area contributed by atoms with Crippen LogP contribution < -0.4 is 19.7 Å². The van der Waals surface area contributed by atoms with E-state index in [2.05, 4.69) is 20.2 Å². The predicted molar refractivity (Wildman–Crippen MR) is 91.8 cm³/mol. The van der Waals surface area contributed by atoms with Gasteiger partial charge in [0, 0.05) is 38.9 Å². The average molecular weight is 341 g/mol. The molecule has 0 unspecified atom stereocenters. The van der Waals surface area contributed by atoms with E-state index < -0.39 is 0 Å². The van der Waals surface area contributed by atoms with Crippen LogP contribution in [0.2, 0.25) is 0 Å². The first-order valence-electron chi connectivity index (χ1n) is 8.21. The normalized spacial score (nSPS) is 16.0. The molecule has 8 heteroatoms. The predicted octanol–water partition coefficient (Wildman–Crippen LogP) is 1.10. The summed E-state index contributed by atoms with van der Waals surface area (Å²) in [5.74, 6) is 2.99. The van der Waals surface area contributed by atoms with E-state index in [0.29, 0.717) is 25.6 Å². The van der Waals surface area contributed by atoms with Crippen LogP contribution in [0.1, 0.15) is 5.56 Å². The van der Waals surface area contributed by atoms with E-state index in [1.54, 1.807) is 11.1 Å². The highest BCUT2D eigenvalue weighted by molar-refractivity contribution is 5.50. The molecule has 0 spiro atoms. The molecule has 0 atom stereocenters. The largest absolute Gasteiger partial charge is 0.454 e. The van der Waals surface area contributed by atoms with E-state index >= 15 is 0 Å². The molecule has 25 heavy (non-hydrogen) atoms.